The Hall–Kier alpha value is -0.930. The maximum absolute atomic E-state index is 5.84. The van der Waals surface area contributed by atoms with Crippen molar-refractivity contribution >= 4 is 33.4 Å². The summed E-state index contributed by atoms with van der Waals surface area (Å²) in [7, 11) is 0. The van der Waals surface area contributed by atoms with E-state index in [-0.39, 0.29) is 0 Å². The van der Waals surface area contributed by atoms with Crippen molar-refractivity contribution in [1.29, 1.82) is 0 Å². The highest BCUT2D eigenvalue weighted by atomic mass is 79.9. The molecule has 0 atom stereocenters. The van der Waals surface area contributed by atoms with Crippen LogP contribution in [-0.2, 0) is 5.75 Å². The zero-order chi connectivity index (χ0) is 13.1. The molecule has 94 valence electrons. The molecule has 0 amide bonds. The van der Waals surface area contributed by atoms with Crippen LogP contribution in [0.4, 0.5) is 5.69 Å². The molecule has 1 nitrogen and oxygen atoms in total. The average molecular weight is 322 g/mol. The van der Waals surface area contributed by atoms with Gasteiger partial charge in [-0.1, -0.05) is 33.6 Å². The molecule has 0 bridgehead atoms. The van der Waals surface area contributed by atoms with Crippen molar-refractivity contribution in [3.05, 3.63) is 57.6 Å². The Labute approximate surface area is 121 Å². The number of rotatable bonds is 3. The summed E-state index contributed by atoms with van der Waals surface area (Å²) in [6, 6.07) is 12.6. The van der Waals surface area contributed by atoms with Gasteiger partial charge in [0.2, 0.25) is 0 Å². The molecule has 2 rings (SSSR count). The molecule has 0 aliphatic carbocycles. The summed E-state index contributed by atoms with van der Waals surface area (Å²) in [5.74, 6) is 0.938. The number of thioether (sulfide) groups is 1. The Balaban J connectivity index is 2.11. The Morgan fingerprint density at radius 2 is 1.89 bits per heavy atom. The number of nitrogens with two attached hydrogens (primary N) is 1. The van der Waals surface area contributed by atoms with Gasteiger partial charge in [-0.15, -0.1) is 11.8 Å². The van der Waals surface area contributed by atoms with Gasteiger partial charge in [0.1, 0.15) is 0 Å². The summed E-state index contributed by atoms with van der Waals surface area (Å²) in [5, 5.41) is 0. The highest BCUT2D eigenvalue weighted by Crippen LogP contribution is 2.28. The van der Waals surface area contributed by atoms with Gasteiger partial charge >= 0.3 is 0 Å². The Kier molecular flexibility index (Phi) is 4.36. The monoisotopic (exact) mass is 321 g/mol. The number of anilines is 1. The summed E-state index contributed by atoms with van der Waals surface area (Å²) in [5.41, 5.74) is 10.5. The van der Waals surface area contributed by atoms with E-state index in [0.29, 0.717) is 0 Å². The zero-order valence-corrected chi connectivity index (χ0v) is 12.9. The lowest BCUT2D eigenvalue weighted by Gasteiger charge is -2.07. The Bertz CT molecular complexity index is 546. The summed E-state index contributed by atoms with van der Waals surface area (Å²) in [4.78, 5) is 1.33. The standard InChI is InChI=1S/C15H16BrNS/c1-10-3-4-15(11(2)5-10)18-9-12-6-13(16)8-14(17)7-12/h3-8H,9,17H2,1-2H3. The van der Waals surface area contributed by atoms with E-state index in [2.05, 4.69) is 54.0 Å². The first-order valence-electron chi connectivity index (χ1n) is 5.79. The van der Waals surface area contributed by atoms with Crippen LogP contribution in [0.2, 0.25) is 0 Å². The van der Waals surface area contributed by atoms with Gasteiger partial charge in [-0.3, -0.25) is 0 Å². The van der Waals surface area contributed by atoms with Crippen LogP contribution in [0.15, 0.2) is 45.8 Å². The second kappa shape index (κ2) is 5.81. The minimum absolute atomic E-state index is 0.806. The molecule has 18 heavy (non-hydrogen) atoms. The van der Waals surface area contributed by atoms with Crippen LogP contribution in [-0.4, -0.2) is 0 Å². The van der Waals surface area contributed by atoms with Gasteiger partial charge < -0.3 is 5.73 Å². The summed E-state index contributed by atoms with van der Waals surface area (Å²) in [6.45, 7) is 4.28. The van der Waals surface area contributed by atoms with Gasteiger partial charge in [0, 0.05) is 20.8 Å². The summed E-state index contributed by atoms with van der Waals surface area (Å²) < 4.78 is 1.04. The maximum atomic E-state index is 5.84. The Morgan fingerprint density at radius 3 is 2.56 bits per heavy atom. The third kappa shape index (κ3) is 3.53. The van der Waals surface area contributed by atoms with Gasteiger partial charge in [0.25, 0.3) is 0 Å². The van der Waals surface area contributed by atoms with Gasteiger partial charge in [0.05, 0.1) is 0 Å². The molecule has 0 aliphatic rings. The molecular formula is C15H16BrNS. The number of aryl methyl sites for hydroxylation is 2. The molecule has 2 aromatic rings. The smallest absolute Gasteiger partial charge is 0.0328 e. The van der Waals surface area contributed by atoms with Crippen LogP contribution >= 0.6 is 27.7 Å². The van der Waals surface area contributed by atoms with Crippen molar-refractivity contribution in [3.8, 4) is 0 Å². The second-order valence-corrected chi connectivity index (χ2v) is 6.38. The predicted octanol–water partition coefficient (Wildman–Crippen LogP) is 4.94. The summed E-state index contributed by atoms with van der Waals surface area (Å²) in [6.07, 6.45) is 0. The first kappa shape index (κ1) is 13.5. The molecule has 0 aromatic heterocycles. The van der Waals surface area contributed by atoms with E-state index in [1.54, 1.807) is 0 Å². The molecule has 0 spiro atoms. The fourth-order valence-electron chi connectivity index (χ4n) is 1.88. The highest BCUT2D eigenvalue weighted by molar-refractivity contribution is 9.10. The quantitative estimate of drug-likeness (QED) is 0.640. The van der Waals surface area contributed by atoms with E-state index in [1.165, 1.54) is 21.6 Å². The third-order valence-electron chi connectivity index (χ3n) is 2.70. The normalized spacial score (nSPS) is 10.6. The third-order valence-corrected chi connectivity index (χ3v) is 4.41. The SMILES string of the molecule is Cc1ccc(SCc2cc(N)cc(Br)c2)c(C)c1. The van der Waals surface area contributed by atoms with E-state index < -0.39 is 0 Å². The van der Waals surface area contributed by atoms with E-state index in [9.17, 15) is 0 Å². The maximum Gasteiger partial charge on any atom is 0.0328 e. The number of benzene rings is 2. The predicted molar refractivity (Wildman–Crippen MR) is 84.0 cm³/mol. The van der Waals surface area contributed by atoms with Crippen LogP contribution in [0.5, 0.6) is 0 Å². The van der Waals surface area contributed by atoms with Crippen molar-refractivity contribution in [3.63, 3.8) is 0 Å². The number of hydrogen-bond acceptors (Lipinski definition) is 2. The molecule has 0 saturated heterocycles. The molecule has 0 heterocycles. The van der Waals surface area contributed by atoms with Crippen LogP contribution in [0.3, 0.4) is 0 Å². The van der Waals surface area contributed by atoms with Gasteiger partial charge in [-0.2, -0.15) is 0 Å². The molecule has 0 aliphatic heterocycles. The molecule has 0 unspecified atom stereocenters. The second-order valence-electron chi connectivity index (χ2n) is 4.45. The lowest BCUT2D eigenvalue weighted by atomic mass is 10.2. The Morgan fingerprint density at radius 1 is 1.11 bits per heavy atom. The van der Waals surface area contributed by atoms with E-state index >= 15 is 0 Å². The van der Waals surface area contributed by atoms with E-state index in [0.717, 1.165) is 15.9 Å². The van der Waals surface area contributed by atoms with Gasteiger partial charge in [-0.05, 0) is 49.2 Å². The van der Waals surface area contributed by atoms with Crippen molar-refractivity contribution in [2.75, 3.05) is 5.73 Å². The molecule has 2 N–H and O–H groups in total. The number of halogens is 1. The molecule has 2 aromatic carbocycles. The molecule has 0 fully saturated rings. The zero-order valence-electron chi connectivity index (χ0n) is 10.5. The van der Waals surface area contributed by atoms with Crippen LogP contribution in [0, 0.1) is 13.8 Å². The highest BCUT2D eigenvalue weighted by Gasteiger charge is 2.02. The topological polar surface area (TPSA) is 26.0 Å². The minimum atomic E-state index is 0.806. The van der Waals surface area contributed by atoms with Crippen LogP contribution < -0.4 is 5.73 Å². The van der Waals surface area contributed by atoms with Crippen molar-refractivity contribution < 1.29 is 0 Å². The summed E-state index contributed by atoms with van der Waals surface area (Å²) >= 11 is 5.32. The average Bonchev–Trinajstić information content (AvgIpc) is 2.26. The van der Waals surface area contributed by atoms with Crippen LogP contribution in [0.1, 0.15) is 16.7 Å². The first-order chi connectivity index (χ1) is 8.54. The van der Waals surface area contributed by atoms with Crippen LogP contribution in [0.25, 0.3) is 0 Å². The van der Waals surface area contributed by atoms with E-state index in [1.807, 2.05) is 23.9 Å². The first-order valence-corrected chi connectivity index (χ1v) is 7.57. The van der Waals surface area contributed by atoms with Crippen molar-refractivity contribution in [1.82, 2.24) is 0 Å². The molecule has 3 heteroatoms. The number of hydrogen-bond donors (Lipinski definition) is 1. The molecule has 0 radical (unpaired) electrons. The fourth-order valence-corrected chi connectivity index (χ4v) is 3.38. The van der Waals surface area contributed by atoms with Crippen molar-refractivity contribution in [2.24, 2.45) is 0 Å². The van der Waals surface area contributed by atoms with E-state index in [4.69, 9.17) is 5.73 Å². The lowest BCUT2D eigenvalue weighted by molar-refractivity contribution is 1.25. The number of nitrogen functional groups attached to an aromatic ring is 1. The largest absolute Gasteiger partial charge is 0.399 e. The van der Waals surface area contributed by atoms with Gasteiger partial charge in [-0.25, -0.2) is 0 Å². The minimum Gasteiger partial charge on any atom is -0.399 e. The van der Waals surface area contributed by atoms with Crippen molar-refractivity contribution in [2.45, 2.75) is 24.5 Å². The molecular weight excluding hydrogens is 306 g/mol. The molecule has 0 saturated carbocycles. The lowest BCUT2D eigenvalue weighted by Crippen LogP contribution is -1.89. The fraction of sp³-hybridized carbons (Fsp3) is 0.200. The van der Waals surface area contributed by atoms with Gasteiger partial charge in [0.15, 0.2) is 0 Å².